The second kappa shape index (κ2) is 10.9. The average Bonchev–Trinajstić information content (AvgIpc) is 2.82. The van der Waals surface area contributed by atoms with E-state index in [4.69, 9.17) is 4.74 Å². The van der Waals surface area contributed by atoms with Crippen LogP contribution in [0.15, 0.2) is 71.6 Å². The Balaban J connectivity index is 1.82. The number of carboxylic acids is 1. The van der Waals surface area contributed by atoms with Crippen molar-refractivity contribution in [3.05, 3.63) is 95.1 Å². The lowest BCUT2D eigenvalue weighted by Gasteiger charge is -2.26. The molecule has 37 heavy (non-hydrogen) atoms. The first-order valence-electron chi connectivity index (χ1n) is 10.8. The van der Waals surface area contributed by atoms with Crippen LogP contribution in [0.1, 0.15) is 36.6 Å². The zero-order chi connectivity index (χ0) is 27.5. The smallest absolute Gasteiger partial charge is 0.416 e. The highest BCUT2D eigenvalue weighted by Gasteiger charge is 2.32. The molecule has 3 rings (SSSR count). The molecule has 1 N–H and O–H groups in total. The third-order valence-electron chi connectivity index (χ3n) is 5.33. The number of aliphatic carboxylic acids is 1. The number of alkyl halides is 3. The monoisotopic (exact) mass is 543 g/mol. The van der Waals surface area contributed by atoms with Crippen molar-refractivity contribution in [3.8, 4) is 5.75 Å². The third-order valence-corrected chi connectivity index (χ3v) is 7.35. The number of sulfonamides is 1. The molecule has 0 aliphatic heterocycles. The maximum atomic E-state index is 13.6. The van der Waals surface area contributed by atoms with Crippen LogP contribution < -0.4 is 4.74 Å². The van der Waals surface area contributed by atoms with E-state index >= 15 is 0 Å². The minimum absolute atomic E-state index is 0.0214. The Morgan fingerprint density at radius 3 is 2.16 bits per heavy atom. The molecule has 0 radical (unpaired) electrons. The highest BCUT2D eigenvalue weighted by Crippen LogP contribution is 2.32. The molecule has 0 aliphatic rings. The molecular weight excluding hydrogens is 521 g/mol. The average molecular weight is 544 g/mol. The molecule has 0 aromatic heterocycles. The number of hydrogen-bond donors (Lipinski definition) is 1. The summed E-state index contributed by atoms with van der Waals surface area (Å²) in [6.45, 7) is 3.04. The Morgan fingerprint density at radius 1 is 0.973 bits per heavy atom. The van der Waals surface area contributed by atoms with E-state index in [0.29, 0.717) is 17.7 Å². The molecule has 0 bridgehead atoms. The van der Waals surface area contributed by atoms with Crippen LogP contribution in [0, 0.1) is 11.6 Å². The van der Waals surface area contributed by atoms with Gasteiger partial charge in [0, 0.05) is 18.2 Å². The first-order valence-corrected chi connectivity index (χ1v) is 12.3. The van der Waals surface area contributed by atoms with E-state index in [0.717, 1.165) is 28.6 Å². The number of ether oxygens (including phenoxy) is 1. The zero-order valence-electron chi connectivity index (χ0n) is 19.5. The van der Waals surface area contributed by atoms with Gasteiger partial charge in [0.25, 0.3) is 0 Å². The normalized spacial score (nSPS) is 13.1. The van der Waals surface area contributed by atoms with E-state index in [1.165, 1.54) is 30.3 Å². The summed E-state index contributed by atoms with van der Waals surface area (Å²) in [5.41, 5.74) is -0.778. The van der Waals surface area contributed by atoms with Crippen molar-refractivity contribution in [2.45, 2.75) is 43.6 Å². The van der Waals surface area contributed by atoms with E-state index in [1.807, 2.05) is 0 Å². The van der Waals surface area contributed by atoms with Gasteiger partial charge in [-0.2, -0.15) is 17.5 Å². The van der Waals surface area contributed by atoms with Crippen LogP contribution in [0.5, 0.6) is 5.75 Å². The van der Waals surface area contributed by atoms with Gasteiger partial charge in [0.1, 0.15) is 5.75 Å². The highest BCUT2D eigenvalue weighted by molar-refractivity contribution is 7.89. The quantitative estimate of drug-likeness (QED) is 0.346. The molecule has 3 aromatic carbocycles. The summed E-state index contributed by atoms with van der Waals surface area (Å²) >= 11 is 0. The van der Waals surface area contributed by atoms with Crippen LogP contribution >= 0.6 is 0 Å². The van der Waals surface area contributed by atoms with Crippen molar-refractivity contribution in [2.24, 2.45) is 0 Å². The fourth-order valence-electron chi connectivity index (χ4n) is 3.45. The van der Waals surface area contributed by atoms with Gasteiger partial charge in [0.05, 0.1) is 10.5 Å². The van der Waals surface area contributed by atoms with Gasteiger partial charge in [-0.1, -0.05) is 24.3 Å². The van der Waals surface area contributed by atoms with Gasteiger partial charge >= 0.3 is 12.1 Å². The minimum atomic E-state index is -4.66. The SMILES string of the molecule is CC(C)N(Cc1ccc(OC(C(=O)O)c2cccc(C(F)(F)F)c2)cc1)S(=O)(=O)c1ccc(F)c(F)c1. The molecule has 1 unspecified atom stereocenters. The van der Waals surface area contributed by atoms with Crippen LogP contribution in [0.25, 0.3) is 0 Å². The summed E-state index contributed by atoms with van der Waals surface area (Å²) in [5.74, 6) is -3.98. The zero-order valence-corrected chi connectivity index (χ0v) is 20.4. The van der Waals surface area contributed by atoms with Gasteiger partial charge < -0.3 is 9.84 Å². The molecule has 0 amide bonds. The van der Waals surface area contributed by atoms with E-state index in [-0.39, 0.29) is 17.9 Å². The van der Waals surface area contributed by atoms with Crippen molar-refractivity contribution in [1.82, 2.24) is 4.31 Å². The molecule has 0 saturated carbocycles. The Morgan fingerprint density at radius 2 is 1.62 bits per heavy atom. The molecule has 0 saturated heterocycles. The Hall–Kier alpha value is -3.51. The fraction of sp³-hybridized carbons (Fsp3) is 0.240. The topological polar surface area (TPSA) is 83.9 Å². The molecule has 1 atom stereocenters. The lowest BCUT2D eigenvalue weighted by atomic mass is 10.1. The number of carbonyl (C=O) groups is 1. The molecular formula is C25H22F5NO5S. The number of halogens is 5. The van der Waals surface area contributed by atoms with E-state index in [9.17, 15) is 40.3 Å². The first-order chi connectivity index (χ1) is 17.2. The standard InChI is InChI=1S/C25H22F5NO5S/c1-15(2)31(37(34,35)20-10-11-21(26)22(27)13-20)14-16-6-8-19(9-7-16)36-23(24(32)33)17-4-3-5-18(12-17)25(28,29)30/h3-13,15,23H,14H2,1-2H3,(H,32,33). The van der Waals surface area contributed by atoms with Crippen molar-refractivity contribution in [3.63, 3.8) is 0 Å². The molecule has 0 spiro atoms. The summed E-state index contributed by atoms with van der Waals surface area (Å²) < 4.78 is 98.6. The van der Waals surface area contributed by atoms with E-state index in [1.54, 1.807) is 13.8 Å². The van der Waals surface area contributed by atoms with E-state index < -0.39 is 56.4 Å². The second-order valence-electron chi connectivity index (χ2n) is 8.32. The van der Waals surface area contributed by atoms with Crippen LogP contribution in [0.3, 0.4) is 0 Å². The largest absolute Gasteiger partial charge is 0.478 e. The molecule has 0 fully saturated rings. The summed E-state index contributed by atoms with van der Waals surface area (Å²) in [7, 11) is -4.20. The molecule has 12 heteroatoms. The Labute approximate surface area is 210 Å². The lowest BCUT2D eigenvalue weighted by molar-refractivity contribution is -0.146. The van der Waals surface area contributed by atoms with E-state index in [2.05, 4.69) is 0 Å². The number of nitrogens with zero attached hydrogens (tertiary/aromatic N) is 1. The Kier molecular flexibility index (Phi) is 8.23. The predicted molar refractivity (Wildman–Crippen MR) is 123 cm³/mol. The van der Waals surface area contributed by atoms with Gasteiger partial charge in [-0.15, -0.1) is 0 Å². The van der Waals surface area contributed by atoms with Crippen LogP contribution in [0.4, 0.5) is 22.0 Å². The summed E-state index contributed by atoms with van der Waals surface area (Å²) in [4.78, 5) is 11.3. The summed E-state index contributed by atoms with van der Waals surface area (Å²) in [6, 6.07) is 11.1. The maximum Gasteiger partial charge on any atom is 0.416 e. The minimum Gasteiger partial charge on any atom is -0.478 e. The van der Waals surface area contributed by atoms with Crippen molar-refractivity contribution >= 4 is 16.0 Å². The van der Waals surface area contributed by atoms with Crippen molar-refractivity contribution in [2.75, 3.05) is 0 Å². The number of benzene rings is 3. The fourth-order valence-corrected chi connectivity index (χ4v) is 5.08. The maximum absolute atomic E-state index is 13.6. The summed E-state index contributed by atoms with van der Waals surface area (Å²) in [5, 5.41) is 9.52. The molecule has 3 aromatic rings. The summed E-state index contributed by atoms with van der Waals surface area (Å²) in [6.07, 6.45) is -6.39. The molecule has 198 valence electrons. The third kappa shape index (κ3) is 6.63. The van der Waals surface area contributed by atoms with Gasteiger partial charge in [-0.25, -0.2) is 22.0 Å². The number of rotatable bonds is 9. The lowest BCUT2D eigenvalue weighted by Crippen LogP contribution is -2.36. The number of carboxylic acid groups (broad SMARTS) is 1. The van der Waals surface area contributed by atoms with Gasteiger partial charge in [-0.05, 0) is 61.9 Å². The number of hydrogen-bond acceptors (Lipinski definition) is 4. The second-order valence-corrected chi connectivity index (χ2v) is 10.2. The van der Waals surface area contributed by atoms with Crippen LogP contribution in [-0.4, -0.2) is 29.8 Å². The molecule has 0 aliphatic carbocycles. The van der Waals surface area contributed by atoms with Gasteiger partial charge in [0.15, 0.2) is 11.6 Å². The van der Waals surface area contributed by atoms with Crippen molar-refractivity contribution in [1.29, 1.82) is 0 Å². The van der Waals surface area contributed by atoms with Crippen LogP contribution in [-0.2, 0) is 27.5 Å². The predicted octanol–water partition coefficient (Wildman–Crippen LogP) is 5.79. The highest BCUT2D eigenvalue weighted by atomic mass is 32.2. The molecule has 6 nitrogen and oxygen atoms in total. The first kappa shape index (κ1) is 28.1. The molecule has 0 heterocycles. The van der Waals surface area contributed by atoms with Gasteiger partial charge in [0.2, 0.25) is 16.1 Å². The Bertz CT molecular complexity index is 1370. The van der Waals surface area contributed by atoms with Crippen LogP contribution in [0.2, 0.25) is 0 Å². The van der Waals surface area contributed by atoms with Gasteiger partial charge in [-0.3, -0.25) is 0 Å². The van der Waals surface area contributed by atoms with Crippen molar-refractivity contribution < 1.29 is 45.0 Å².